The zero-order valence-electron chi connectivity index (χ0n) is 14.7. The summed E-state index contributed by atoms with van der Waals surface area (Å²) in [6, 6.07) is 0. The zero-order chi connectivity index (χ0) is 20.6. The van der Waals surface area contributed by atoms with Crippen LogP contribution in [0.1, 0.15) is 0 Å². The van der Waals surface area contributed by atoms with Crippen LogP contribution >= 0.6 is 0 Å². The first-order valence-electron chi connectivity index (χ1n) is 8.82. The van der Waals surface area contributed by atoms with Gasteiger partial charge in [0.2, 0.25) is 0 Å². The fourth-order valence-corrected chi connectivity index (χ4v) is 3.31. The van der Waals surface area contributed by atoms with Gasteiger partial charge in [-0.25, -0.2) is 0 Å². The molecule has 8 N–H and O–H groups in total. The first kappa shape index (κ1) is 22.2. The van der Waals surface area contributed by atoms with Crippen LogP contribution in [0, 0.1) is 0 Å². The molecule has 12 atom stereocenters. The molecule has 12 unspecified atom stereocenters. The van der Waals surface area contributed by atoms with Crippen molar-refractivity contribution < 1.29 is 64.5 Å². The van der Waals surface area contributed by atoms with Crippen molar-refractivity contribution in [3.05, 3.63) is 0 Å². The molecule has 0 radical (unpaired) electrons. The molecular weight excluding hydrogens is 388 g/mol. The van der Waals surface area contributed by atoms with Gasteiger partial charge in [-0.2, -0.15) is 0 Å². The van der Waals surface area contributed by atoms with Crippen molar-refractivity contribution >= 4 is 0 Å². The van der Waals surface area contributed by atoms with Gasteiger partial charge in [-0.3, -0.25) is 0 Å². The van der Waals surface area contributed by atoms with Crippen LogP contribution in [-0.2, 0) is 23.7 Å². The molecule has 3 aliphatic heterocycles. The number of hydrogen-bond acceptors (Lipinski definition) is 13. The van der Waals surface area contributed by atoms with E-state index in [-0.39, 0.29) is 6.61 Å². The van der Waals surface area contributed by atoms with Gasteiger partial charge in [-0.05, 0) is 0 Å². The second-order valence-electron chi connectivity index (χ2n) is 6.90. The molecule has 3 rings (SSSR count). The molecule has 0 spiro atoms. The SMILES string of the molecule is OCC1OC(OC2C(OC3COC(O)C(O)C3O)OC(CO)C2O)C(O)C1O. The van der Waals surface area contributed by atoms with Crippen molar-refractivity contribution in [2.75, 3.05) is 19.8 Å². The third kappa shape index (κ3) is 4.17. The quantitative estimate of drug-likeness (QED) is 0.204. The highest BCUT2D eigenvalue weighted by molar-refractivity contribution is 4.93. The predicted molar refractivity (Wildman–Crippen MR) is 83.2 cm³/mol. The smallest absolute Gasteiger partial charge is 0.187 e. The fraction of sp³-hybridized carbons (Fsp3) is 1.00. The molecule has 0 bridgehead atoms. The number of ether oxygens (including phenoxy) is 5. The zero-order valence-corrected chi connectivity index (χ0v) is 14.7. The van der Waals surface area contributed by atoms with Crippen molar-refractivity contribution in [2.24, 2.45) is 0 Å². The van der Waals surface area contributed by atoms with Crippen molar-refractivity contribution in [1.82, 2.24) is 0 Å². The second kappa shape index (κ2) is 9.09. The summed E-state index contributed by atoms with van der Waals surface area (Å²) in [6.07, 6.45) is -16.7. The van der Waals surface area contributed by atoms with Crippen LogP contribution < -0.4 is 0 Å². The molecule has 13 heteroatoms. The van der Waals surface area contributed by atoms with Gasteiger partial charge in [-0.15, -0.1) is 0 Å². The van der Waals surface area contributed by atoms with Gasteiger partial charge in [0, 0.05) is 0 Å². The van der Waals surface area contributed by atoms with E-state index in [4.69, 9.17) is 28.8 Å². The highest BCUT2D eigenvalue weighted by Gasteiger charge is 2.52. The minimum absolute atomic E-state index is 0.306. The number of aliphatic hydroxyl groups excluding tert-OH is 8. The first-order chi connectivity index (χ1) is 13.3. The molecule has 13 nitrogen and oxygen atoms in total. The summed E-state index contributed by atoms with van der Waals surface area (Å²) in [7, 11) is 0. The Hall–Kier alpha value is -0.520. The van der Waals surface area contributed by atoms with Gasteiger partial charge in [0.05, 0.1) is 19.8 Å². The molecule has 0 aromatic heterocycles. The largest absolute Gasteiger partial charge is 0.394 e. The first-order valence-corrected chi connectivity index (χ1v) is 8.82. The van der Waals surface area contributed by atoms with E-state index in [9.17, 15) is 35.7 Å². The Bertz CT molecular complexity index is 508. The maximum absolute atomic E-state index is 10.3. The van der Waals surface area contributed by atoms with E-state index in [0.717, 1.165) is 0 Å². The lowest BCUT2D eigenvalue weighted by Crippen LogP contribution is -2.55. The Kier molecular flexibility index (Phi) is 7.20. The molecule has 164 valence electrons. The molecule has 0 amide bonds. The molecule has 0 aromatic carbocycles. The lowest BCUT2D eigenvalue weighted by Gasteiger charge is -2.37. The van der Waals surface area contributed by atoms with Crippen molar-refractivity contribution in [3.8, 4) is 0 Å². The Morgan fingerprint density at radius 2 is 1.29 bits per heavy atom. The summed E-state index contributed by atoms with van der Waals surface area (Å²) < 4.78 is 26.4. The molecule has 0 aliphatic carbocycles. The summed E-state index contributed by atoms with van der Waals surface area (Å²) in [5, 5.41) is 77.7. The lowest BCUT2D eigenvalue weighted by molar-refractivity contribution is -0.304. The van der Waals surface area contributed by atoms with Crippen LogP contribution in [0.25, 0.3) is 0 Å². The maximum atomic E-state index is 10.3. The van der Waals surface area contributed by atoms with Crippen molar-refractivity contribution in [2.45, 2.75) is 73.8 Å². The summed E-state index contributed by atoms with van der Waals surface area (Å²) in [5.41, 5.74) is 0. The summed E-state index contributed by atoms with van der Waals surface area (Å²) >= 11 is 0. The van der Waals surface area contributed by atoms with Gasteiger partial charge >= 0.3 is 0 Å². The van der Waals surface area contributed by atoms with Gasteiger partial charge in [0.15, 0.2) is 18.9 Å². The third-order valence-electron chi connectivity index (χ3n) is 5.03. The summed E-state index contributed by atoms with van der Waals surface area (Å²) in [5.74, 6) is 0. The van der Waals surface area contributed by atoms with Crippen LogP contribution in [0.4, 0.5) is 0 Å². The van der Waals surface area contributed by atoms with Gasteiger partial charge in [0.1, 0.15) is 54.9 Å². The minimum Gasteiger partial charge on any atom is -0.394 e. The van der Waals surface area contributed by atoms with Gasteiger partial charge in [0.25, 0.3) is 0 Å². The molecular formula is C15H26O13. The van der Waals surface area contributed by atoms with Gasteiger partial charge in [-0.1, -0.05) is 0 Å². The van der Waals surface area contributed by atoms with E-state index in [2.05, 4.69) is 0 Å². The van der Waals surface area contributed by atoms with E-state index in [1.54, 1.807) is 0 Å². The highest BCUT2D eigenvalue weighted by Crippen LogP contribution is 2.32. The highest BCUT2D eigenvalue weighted by atomic mass is 16.8. The van der Waals surface area contributed by atoms with E-state index >= 15 is 0 Å². The minimum atomic E-state index is -1.64. The number of aliphatic hydroxyl groups is 8. The lowest BCUT2D eigenvalue weighted by atomic mass is 10.1. The van der Waals surface area contributed by atoms with Gasteiger partial charge < -0.3 is 64.5 Å². The normalized spacial score (nSPS) is 52.3. The fourth-order valence-electron chi connectivity index (χ4n) is 3.31. The van der Waals surface area contributed by atoms with E-state index in [1.165, 1.54) is 0 Å². The molecule has 3 aliphatic rings. The topological polar surface area (TPSA) is 208 Å². The average Bonchev–Trinajstić information content (AvgIpc) is 3.13. The van der Waals surface area contributed by atoms with E-state index in [1.807, 2.05) is 0 Å². The average molecular weight is 414 g/mol. The summed E-state index contributed by atoms with van der Waals surface area (Å²) in [4.78, 5) is 0. The second-order valence-corrected chi connectivity index (χ2v) is 6.90. The van der Waals surface area contributed by atoms with Crippen molar-refractivity contribution in [1.29, 1.82) is 0 Å². The number of hydrogen-bond donors (Lipinski definition) is 8. The van der Waals surface area contributed by atoms with E-state index < -0.39 is 87.0 Å². The molecule has 0 saturated carbocycles. The van der Waals surface area contributed by atoms with Crippen LogP contribution in [0.3, 0.4) is 0 Å². The van der Waals surface area contributed by atoms with Crippen LogP contribution in [-0.4, -0.2) is 134 Å². The standard InChI is InChI=1S/C15H26O13/c16-1-4-7(18)11(22)14(25-4)28-12-9(20)5(2-17)26-15(12)27-6-3-24-13(23)10(21)8(6)19/h4-23H,1-3H2. The molecule has 28 heavy (non-hydrogen) atoms. The Labute approximate surface area is 159 Å². The molecule has 3 heterocycles. The number of rotatable bonds is 6. The Morgan fingerprint density at radius 1 is 0.679 bits per heavy atom. The predicted octanol–water partition coefficient (Wildman–Crippen LogP) is -5.66. The third-order valence-corrected chi connectivity index (χ3v) is 5.03. The Balaban J connectivity index is 1.69. The van der Waals surface area contributed by atoms with Crippen LogP contribution in [0.5, 0.6) is 0 Å². The van der Waals surface area contributed by atoms with Crippen molar-refractivity contribution in [3.63, 3.8) is 0 Å². The monoisotopic (exact) mass is 414 g/mol. The molecule has 3 saturated heterocycles. The molecule has 3 fully saturated rings. The Morgan fingerprint density at radius 3 is 1.89 bits per heavy atom. The van der Waals surface area contributed by atoms with Crippen LogP contribution in [0.2, 0.25) is 0 Å². The maximum Gasteiger partial charge on any atom is 0.187 e. The van der Waals surface area contributed by atoms with Crippen LogP contribution in [0.15, 0.2) is 0 Å². The molecule has 0 aromatic rings. The summed E-state index contributed by atoms with van der Waals surface area (Å²) in [6.45, 7) is -1.48. The van der Waals surface area contributed by atoms with E-state index in [0.29, 0.717) is 0 Å².